The van der Waals surface area contributed by atoms with Crippen molar-refractivity contribution in [3.8, 4) is 11.4 Å². The average molecular weight is 205 g/mol. The standard InChI is InChI=1S/C14H9N2/c1-2-6-11(7-3-1)14-15-10-12-8-4-5-9-13(12)16-14/h1-6,8-10H. The Morgan fingerprint density at radius 1 is 0.938 bits per heavy atom. The first-order valence-corrected chi connectivity index (χ1v) is 5.12. The van der Waals surface area contributed by atoms with Gasteiger partial charge >= 0.3 is 0 Å². The zero-order chi connectivity index (χ0) is 10.8. The summed E-state index contributed by atoms with van der Waals surface area (Å²) in [5.74, 6) is 0.722. The molecule has 2 heteroatoms. The molecule has 0 fully saturated rings. The topological polar surface area (TPSA) is 25.8 Å². The monoisotopic (exact) mass is 205 g/mol. The van der Waals surface area contributed by atoms with Crippen molar-refractivity contribution in [3.05, 3.63) is 60.8 Å². The fraction of sp³-hybridized carbons (Fsp3) is 0. The molecule has 3 aromatic rings. The molecule has 0 aliphatic carbocycles. The van der Waals surface area contributed by atoms with Crippen LogP contribution >= 0.6 is 0 Å². The summed E-state index contributed by atoms with van der Waals surface area (Å²) in [6.45, 7) is 0. The highest BCUT2D eigenvalue weighted by molar-refractivity contribution is 5.79. The second kappa shape index (κ2) is 3.74. The Labute approximate surface area is 93.6 Å². The Bertz CT molecular complexity index is 618. The molecule has 1 aromatic heterocycles. The van der Waals surface area contributed by atoms with Gasteiger partial charge in [-0.15, -0.1) is 0 Å². The molecule has 0 amide bonds. The van der Waals surface area contributed by atoms with Crippen molar-refractivity contribution in [2.45, 2.75) is 0 Å². The van der Waals surface area contributed by atoms with Crippen LogP contribution in [0.2, 0.25) is 0 Å². The maximum absolute atomic E-state index is 4.50. The Balaban J connectivity index is 2.19. The molecular weight excluding hydrogens is 196 g/mol. The van der Waals surface area contributed by atoms with Gasteiger partial charge in [0.25, 0.3) is 0 Å². The van der Waals surface area contributed by atoms with E-state index < -0.39 is 0 Å². The lowest BCUT2D eigenvalue weighted by atomic mass is 10.2. The molecule has 75 valence electrons. The van der Waals surface area contributed by atoms with Gasteiger partial charge in [-0.25, -0.2) is 9.97 Å². The predicted octanol–water partition coefficient (Wildman–Crippen LogP) is 3.10. The number of rotatable bonds is 1. The van der Waals surface area contributed by atoms with Gasteiger partial charge in [0.2, 0.25) is 0 Å². The first-order chi connectivity index (χ1) is 7.93. The van der Waals surface area contributed by atoms with Gasteiger partial charge in [0.1, 0.15) is 0 Å². The molecule has 16 heavy (non-hydrogen) atoms. The lowest BCUT2D eigenvalue weighted by molar-refractivity contribution is 1.23. The third-order valence-corrected chi connectivity index (χ3v) is 2.44. The van der Waals surface area contributed by atoms with E-state index in [4.69, 9.17) is 0 Å². The molecule has 0 unspecified atom stereocenters. The van der Waals surface area contributed by atoms with Crippen molar-refractivity contribution in [1.82, 2.24) is 9.97 Å². The van der Waals surface area contributed by atoms with Gasteiger partial charge in [0.05, 0.1) is 5.52 Å². The SMILES string of the molecule is [c]1ccccc1-c1ncc2ccccc2n1. The second-order valence-electron chi connectivity index (χ2n) is 3.53. The summed E-state index contributed by atoms with van der Waals surface area (Å²) < 4.78 is 0. The molecule has 2 aromatic carbocycles. The smallest absolute Gasteiger partial charge is 0.160 e. The third-order valence-electron chi connectivity index (χ3n) is 2.44. The van der Waals surface area contributed by atoms with Crippen molar-refractivity contribution in [3.63, 3.8) is 0 Å². The molecule has 2 nitrogen and oxygen atoms in total. The largest absolute Gasteiger partial charge is 0.236 e. The van der Waals surface area contributed by atoms with Crippen molar-refractivity contribution in [2.24, 2.45) is 0 Å². The Kier molecular flexibility index (Phi) is 2.11. The number of benzene rings is 2. The first-order valence-electron chi connectivity index (χ1n) is 5.12. The van der Waals surface area contributed by atoms with Gasteiger partial charge in [0, 0.05) is 17.1 Å². The van der Waals surface area contributed by atoms with Gasteiger partial charge in [-0.1, -0.05) is 42.5 Å². The summed E-state index contributed by atoms with van der Waals surface area (Å²) >= 11 is 0. The quantitative estimate of drug-likeness (QED) is 0.610. The van der Waals surface area contributed by atoms with E-state index in [1.54, 1.807) is 0 Å². The Morgan fingerprint density at radius 3 is 2.69 bits per heavy atom. The number of fused-ring (bicyclic) bond motifs is 1. The zero-order valence-corrected chi connectivity index (χ0v) is 8.59. The van der Waals surface area contributed by atoms with Crippen LogP contribution in [0.15, 0.2) is 54.7 Å². The molecule has 0 bridgehead atoms. The average Bonchev–Trinajstić information content (AvgIpc) is 2.39. The van der Waals surface area contributed by atoms with E-state index in [9.17, 15) is 0 Å². The minimum absolute atomic E-state index is 0.722. The molecule has 0 aliphatic rings. The van der Waals surface area contributed by atoms with E-state index in [0.29, 0.717) is 0 Å². The minimum Gasteiger partial charge on any atom is -0.236 e. The van der Waals surface area contributed by atoms with Crippen molar-refractivity contribution >= 4 is 10.9 Å². The number of hydrogen-bond acceptors (Lipinski definition) is 2. The highest BCUT2D eigenvalue weighted by atomic mass is 14.9. The maximum atomic E-state index is 4.50. The summed E-state index contributed by atoms with van der Waals surface area (Å²) in [5.41, 5.74) is 1.89. The Morgan fingerprint density at radius 2 is 1.81 bits per heavy atom. The van der Waals surface area contributed by atoms with E-state index in [-0.39, 0.29) is 0 Å². The van der Waals surface area contributed by atoms with Crippen molar-refractivity contribution in [2.75, 3.05) is 0 Å². The normalized spacial score (nSPS) is 10.5. The lowest BCUT2D eigenvalue weighted by Gasteiger charge is -2.01. The maximum Gasteiger partial charge on any atom is 0.160 e. The van der Waals surface area contributed by atoms with Gasteiger partial charge in [-0.3, -0.25) is 0 Å². The molecule has 3 rings (SSSR count). The highest BCUT2D eigenvalue weighted by Gasteiger charge is 2.01. The van der Waals surface area contributed by atoms with Crippen LogP contribution in [-0.4, -0.2) is 9.97 Å². The van der Waals surface area contributed by atoms with E-state index in [0.717, 1.165) is 22.3 Å². The molecule has 0 saturated carbocycles. The molecule has 0 atom stereocenters. The zero-order valence-electron chi connectivity index (χ0n) is 8.59. The van der Waals surface area contributed by atoms with E-state index in [1.165, 1.54) is 0 Å². The molecule has 0 aliphatic heterocycles. The predicted molar refractivity (Wildman–Crippen MR) is 63.8 cm³/mol. The number of nitrogens with zero attached hydrogens (tertiary/aromatic N) is 2. The van der Waals surface area contributed by atoms with Crippen LogP contribution in [0, 0.1) is 6.07 Å². The molecular formula is C14H9N2. The van der Waals surface area contributed by atoms with Gasteiger partial charge in [-0.2, -0.15) is 0 Å². The number of hydrogen-bond donors (Lipinski definition) is 0. The Hall–Kier alpha value is -2.22. The summed E-state index contributed by atoms with van der Waals surface area (Å²) in [7, 11) is 0. The van der Waals surface area contributed by atoms with Crippen LogP contribution in [-0.2, 0) is 0 Å². The lowest BCUT2D eigenvalue weighted by Crippen LogP contribution is -1.89. The first kappa shape index (κ1) is 9.04. The molecule has 0 N–H and O–H groups in total. The van der Waals surface area contributed by atoms with Gasteiger partial charge < -0.3 is 0 Å². The van der Waals surface area contributed by atoms with Gasteiger partial charge in [0.15, 0.2) is 5.82 Å². The van der Waals surface area contributed by atoms with Crippen LogP contribution in [0.25, 0.3) is 22.3 Å². The van der Waals surface area contributed by atoms with E-state index >= 15 is 0 Å². The van der Waals surface area contributed by atoms with E-state index in [2.05, 4.69) is 16.0 Å². The van der Waals surface area contributed by atoms with Gasteiger partial charge in [-0.05, 0) is 12.1 Å². The summed E-state index contributed by atoms with van der Waals surface area (Å²) in [6, 6.07) is 18.8. The number of aromatic nitrogens is 2. The fourth-order valence-electron chi connectivity index (χ4n) is 1.63. The summed E-state index contributed by atoms with van der Waals surface area (Å²) in [5, 5.41) is 1.06. The third kappa shape index (κ3) is 1.54. The van der Waals surface area contributed by atoms with Crippen LogP contribution in [0.5, 0.6) is 0 Å². The molecule has 1 radical (unpaired) electrons. The second-order valence-corrected chi connectivity index (χ2v) is 3.53. The van der Waals surface area contributed by atoms with Crippen LogP contribution in [0.3, 0.4) is 0 Å². The van der Waals surface area contributed by atoms with Crippen molar-refractivity contribution < 1.29 is 0 Å². The fourth-order valence-corrected chi connectivity index (χ4v) is 1.63. The minimum atomic E-state index is 0.722. The number of para-hydroxylation sites is 1. The summed E-state index contributed by atoms with van der Waals surface area (Å²) in [4.78, 5) is 8.84. The van der Waals surface area contributed by atoms with Crippen molar-refractivity contribution in [1.29, 1.82) is 0 Å². The van der Waals surface area contributed by atoms with E-state index in [1.807, 2.05) is 54.7 Å². The molecule has 1 heterocycles. The van der Waals surface area contributed by atoms with Crippen LogP contribution in [0.1, 0.15) is 0 Å². The molecule has 0 saturated heterocycles. The molecule has 0 spiro atoms. The van der Waals surface area contributed by atoms with Crippen LogP contribution in [0.4, 0.5) is 0 Å². The van der Waals surface area contributed by atoms with Crippen LogP contribution < -0.4 is 0 Å². The highest BCUT2D eigenvalue weighted by Crippen LogP contribution is 2.16. The summed E-state index contributed by atoms with van der Waals surface area (Å²) in [6.07, 6.45) is 1.85.